The van der Waals surface area contributed by atoms with E-state index in [0.29, 0.717) is 28.5 Å². The summed E-state index contributed by atoms with van der Waals surface area (Å²) < 4.78 is 46.9. The van der Waals surface area contributed by atoms with Gasteiger partial charge in [-0.15, -0.1) is 0 Å². The zero-order valence-electron chi connectivity index (χ0n) is 14.8. The molecule has 0 heterocycles. The molecule has 0 aliphatic rings. The summed E-state index contributed by atoms with van der Waals surface area (Å²) in [6, 6.07) is 3.29. The van der Waals surface area contributed by atoms with Crippen molar-refractivity contribution in [3.63, 3.8) is 0 Å². The number of hydrogen-bond acceptors (Lipinski definition) is 4. The van der Waals surface area contributed by atoms with Crippen LogP contribution in [0.4, 0.5) is 13.2 Å². The highest BCUT2D eigenvalue weighted by molar-refractivity contribution is 6.32. The first-order valence-corrected chi connectivity index (χ1v) is 8.16. The molecule has 1 aromatic rings. The van der Waals surface area contributed by atoms with Crippen LogP contribution >= 0.6 is 11.6 Å². The minimum Gasteiger partial charge on any atom is -0.493 e. The zero-order chi connectivity index (χ0) is 19.7. The van der Waals surface area contributed by atoms with Crippen molar-refractivity contribution in [3.05, 3.63) is 28.8 Å². The molecule has 146 valence electrons. The van der Waals surface area contributed by atoms with E-state index < -0.39 is 12.7 Å². The Morgan fingerprint density at radius 3 is 2.58 bits per heavy atom. The van der Waals surface area contributed by atoms with Gasteiger partial charge in [0.15, 0.2) is 11.5 Å². The topological polar surface area (TPSA) is 50.8 Å². The number of benzene rings is 1. The fourth-order valence-electron chi connectivity index (χ4n) is 2.21. The van der Waals surface area contributed by atoms with E-state index in [9.17, 15) is 18.0 Å². The Morgan fingerprint density at radius 2 is 2.00 bits per heavy atom. The first-order chi connectivity index (χ1) is 12.2. The first kappa shape index (κ1) is 22.1. The molecule has 1 rings (SSSR count). The van der Waals surface area contributed by atoms with Crippen molar-refractivity contribution in [2.75, 3.05) is 40.9 Å². The van der Waals surface area contributed by atoms with Crippen LogP contribution in [0.5, 0.6) is 11.5 Å². The fourth-order valence-corrected chi connectivity index (χ4v) is 2.51. The average Bonchev–Trinajstić information content (AvgIpc) is 2.54. The van der Waals surface area contributed by atoms with Crippen LogP contribution in [0.3, 0.4) is 0 Å². The van der Waals surface area contributed by atoms with Crippen molar-refractivity contribution in [2.45, 2.75) is 12.6 Å². The van der Waals surface area contributed by atoms with Gasteiger partial charge in [0.05, 0.1) is 25.8 Å². The number of rotatable bonds is 9. The quantitative estimate of drug-likeness (QED) is 0.515. The largest absolute Gasteiger partial charge is 0.493 e. The summed E-state index contributed by atoms with van der Waals surface area (Å²) in [4.78, 5) is 12.9. The Morgan fingerprint density at radius 1 is 1.31 bits per heavy atom. The monoisotopic (exact) mass is 394 g/mol. The molecule has 0 aromatic heterocycles. The Labute approximate surface area is 155 Å². The van der Waals surface area contributed by atoms with Crippen LogP contribution < -0.4 is 14.8 Å². The number of ether oxygens (including phenoxy) is 2. The number of hydrogen-bond donors (Lipinski definition) is 1. The summed E-state index contributed by atoms with van der Waals surface area (Å²) in [5.41, 5.74) is 0.646. The molecular weight excluding hydrogens is 373 g/mol. The number of carbonyl (C=O) groups is 1. The van der Waals surface area contributed by atoms with Crippen LogP contribution in [0.1, 0.15) is 12.0 Å². The normalized spacial score (nSPS) is 11.8. The third-order valence-electron chi connectivity index (χ3n) is 3.35. The van der Waals surface area contributed by atoms with Crippen LogP contribution in [0, 0.1) is 0 Å². The predicted molar refractivity (Wildman–Crippen MR) is 94.8 cm³/mol. The Bertz CT molecular complexity index is 636. The lowest BCUT2D eigenvalue weighted by Gasteiger charge is -2.18. The summed E-state index contributed by atoms with van der Waals surface area (Å²) in [7, 11) is 4.33. The summed E-state index contributed by atoms with van der Waals surface area (Å²) >= 11 is 6.08. The van der Waals surface area contributed by atoms with Gasteiger partial charge in [0.2, 0.25) is 5.91 Å². The van der Waals surface area contributed by atoms with E-state index >= 15 is 0 Å². The van der Waals surface area contributed by atoms with E-state index in [0.717, 1.165) is 4.90 Å². The van der Waals surface area contributed by atoms with Gasteiger partial charge in [-0.05, 0) is 43.8 Å². The number of methoxy groups -OCH3 is 2. The van der Waals surface area contributed by atoms with Gasteiger partial charge >= 0.3 is 6.18 Å². The number of amides is 1. The second kappa shape index (κ2) is 10.3. The van der Waals surface area contributed by atoms with Gasteiger partial charge in [-0.2, -0.15) is 13.2 Å². The van der Waals surface area contributed by atoms with Gasteiger partial charge < -0.3 is 14.8 Å². The number of carbonyl (C=O) groups excluding carboxylic acids is 1. The average molecular weight is 395 g/mol. The van der Waals surface area contributed by atoms with Crippen molar-refractivity contribution < 1.29 is 27.4 Å². The van der Waals surface area contributed by atoms with Crippen LogP contribution in [0.2, 0.25) is 5.02 Å². The lowest BCUT2D eigenvalue weighted by atomic mass is 10.2. The van der Waals surface area contributed by atoms with E-state index in [4.69, 9.17) is 21.1 Å². The maximum Gasteiger partial charge on any atom is 0.401 e. The van der Waals surface area contributed by atoms with Gasteiger partial charge in [0, 0.05) is 12.6 Å². The van der Waals surface area contributed by atoms with Gasteiger partial charge in [-0.25, -0.2) is 0 Å². The Balaban J connectivity index is 2.47. The highest BCUT2D eigenvalue weighted by Crippen LogP contribution is 2.36. The molecule has 1 N–H and O–H groups in total. The van der Waals surface area contributed by atoms with Crippen molar-refractivity contribution in [2.24, 2.45) is 0 Å². The van der Waals surface area contributed by atoms with Gasteiger partial charge in [-0.3, -0.25) is 9.69 Å². The lowest BCUT2D eigenvalue weighted by Crippen LogP contribution is -2.33. The number of nitrogens with one attached hydrogen (secondary N) is 1. The smallest absolute Gasteiger partial charge is 0.401 e. The van der Waals surface area contributed by atoms with Crippen LogP contribution in [0.25, 0.3) is 6.08 Å². The molecule has 0 aliphatic carbocycles. The highest BCUT2D eigenvalue weighted by atomic mass is 35.5. The predicted octanol–water partition coefficient (Wildman–Crippen LogP) is 3.37. The van der Waals surface area contributed by atoms with Crippen molar-refractivity contribution in [1.29, 1.82) is 0 Å². The van der Waals surface area contributed by atoms with E-state index in [1.807, 2.05) is 0 Å². The third kappa shape index (κ3) is 7.97. The number of halogens is 4. The molecule has 0 bridgehead atoms. The molecule has 0 unspecified atom stereocenters. The van der Waals surface area contributed by atoms with Gasteiger partial charge in [0.25, 0.3) is 0 Å². The minimum absolute atomic E-state index is 0.231. The SMILES string of the molecule is COc1cc(/C=C/C(=O)NCCCN(C)CC(F)(F)F)cc(Cl)c1OC. The summed E-state index contributed by atoms with van der Waals surface area (Å²) in [5.74, 6) is 0.487. The standard InChI is InChI=1S/C17H22ClF3N2O3/c1-23(11-17(19,20)21)8-4-7-22-15(24)6-5-12-9-13(18)16(26-3)14(10-12)25-2/h5-6,9-10H,4,7-8,11H2,1-3H3,(H,22,24)/b6-5+. The molecule has 0 saturated heterocycles. The van der Waals surface area contributed by atoms with E-state index in [-0.39, 0.29) is 19.0 Å². The Kier molecular flexibility index (Phi) is 8.74. The van der Waals surface area contributed by atoms with Crippen molar-refractivity contribution >= 4 is 23.6 Å². The molecule has 0 spiro atoms. The summed E-state index contributed by atoms with van der Waals surface area (Å²) in [6.07, 6.45) is -0.939. The summed E-state index contributed by atoms with van der Waals surface area (Å²) in [6.45, 7) is -0.465. The Hall–Kier alpha value is -1.93. The number of alkyl halides is 3. The van der Waals surface area contributed by atoms with Crippen molar-refractivity contribution in [3.8, 4) is 11.5 Å². The summed E-state index contributed by atoms with van der Waals surface area (Å²) in [5, 5.41) is 2.96. The maximum absolute atomic E-state index is 12.2. The third-order valence-corrected chi connectivity index (χ3v) is 3.63. The first-order valence-electron chi connectivity index (χ1n) is 7.79. The molecule has 1 amide bonds. The molecule has 1 aromatic carbocycles. The van der Waals surface area contributed by atoms with Crippen molar-refractivity contribution in [1.82, 2.24) is 10.2 Å². The molecule has 5 nitrogen and oxygen atoms in total. The fraction of sp³-hybridized carbons (Fsp3) is 0.471. The molecule has 9 heteroatoms. The molecule has 0 fully saturated rings. The zero-order valence-corrected chi connectivity index (χ0v) is 15.6. The second-order valence-electron chi connectivity index (χ2n) is 5.57. The molecule has 0 atom stereocenters. The van der Waals surface area contributed by atoms with Gasteiger partial charge in [-0.1, -0.05) is 11.6 Å². The lowest BCUT2D eigenvalue weighted by molar-refractivity contribution is -0.143. The van der Waals surface area contributed by atoms with Crippen LogP contribution in [0.15, 0.2) is 18.2 Å². The van der Waals surface area contributed by atoms with Crippen LogP contribution in [-0.4, -0.2) is 57.9 Å². The second-order valence-corrected chi connectivity index (χ2v) is 5.98. The van der Waals surface area contributed by atoms with Crippen LogP contribution in [-0.2, 0) is 4.79 Å². The minimum atomic E-state index is -4.22. The van der Waals surface area contributed by atoms with E-state index in [1.165, 1.54) is 27.3 Å². The molecule has 26 heavy (non-hydrogen) atoms. The molecular formula is C17H22ClF3N2O3. The van der Waals surface area contributed by atoms with E-state index in [1.54, 1.807) is 18.2 Å². The number of nitrogens with zero attached hydrogens (tertiary/aromatic N) is 1. The molecule has 0 saturated carbocycles. The van der Waals surface area contributed by atoms with Gasteiger partial charge in [0.1, 0.15) is 0 Å². The molecule has 0 radical (unpaired) electrons. The highest BCUT2D eigenvalue weighted by Gasteiger charge is 2.28. The van der Waals surface area contributed by atoms with E-state index in [2.05, 4.69) is 5.32 Å². The maximum atomic E-state index is 12.2. The molecule has 0 aliphatic heterocycles.